The molecule has 2 rings (SSSR count). The van der Waals surface area contributed by atoms with Gasteiger partial charge in [-0.2, -0.15) is 5.26 Å². The average molecular weight is 232 g/mol. The molecule has 0 saturated carbocycles. The van der Waals surface area contributed by atoms with Gasteiger partial charge in [-0.1, -0.05) is 17.7 Å². The highest BCUT2D eigenvalue weighted by molar-refractivity contribution is 6.33. The van der Waals surface area contributed by atoms with Gasteiger partial charge in [0.2, 0.25) is 0 Å². The van der Waals surface area contributed by atoms with E-state index in [1.165, 1.54) is 6.07 Å². The molecule has 2 aromatic heterocycles. The Morgan fingerprint density at radius 1 is 1.44 bits per heavy atom. The third kappa shape index (κ3) is 1.81. The van der Waals surface area contributed by atoms with Crippen molar-refractivity contribution in [3.05, 3.63) is 51.4 Å². The first kappa shape index (κ1) is 10.4. The van der Waals surface area contributed by atoms with Gasteiger partial charge in [-0.3, -0.25) is 9.78 Å². The lowest BCUT2D eigenvalue weighted by Gasteiger charge is -2.02. The molecule has 0 fully saturated rings. The molecule has 4 nitrogen and oxygen atoms in total. The molecule has 0 bridgehead atoms. The van der Waals surface area contributed by atoms with Crippen molar-refractivity contribution in [3.63, 3.8) is 0 Å². The van der Waals surface area contributed by atoms with Crippen molar-refractivity contribution in [2.75, 3.05) is 0 Å². The van der Waals surface area contributed by atoms with E-state index in [2.05, 4.69) is 9.97 Å². The lowest BCUT2D eigenvalue weighted by atomic mass is 10.2. The van der Waals surface area contributed by atoms with Crippen LogP contribution in [0.4, 0.5) is 0 Å². The maximum Gasteiger partial charge on any atom is 0.266 e. The first-order chi connectivity index (χ1) is 7.72. The number of halogens is 1. The Balaban J connectivity index is 2.65. The number of H-pyrrole nitrogens is 1. The Morgan fingerprint density at radius 2 is 2.25 bits per heavy atom. The van der Waals surface area contributed by atoms with Crippen molar-refractivity contribution in [1.82, 2.24) is 9.97 Å². The largest absolute Gasteiger partial charge is 0.318 e. The summed E-state index contributed by atoms with van der Waals surface area (Å²) in [5.74, 6) is 0. The quantitative estimate of drug-likeness (QED) is 0.816. The molecule has 0 amide bonds. The predicted octanol–water partition coefficient (Wildman–Crippen LogP) is 1.96. The minimum atomic E-state index is -0.465. The van der Waals surface area contributed by atoms with Crippen LogP contribution in [0.3, 0.4) is 0 Å². The van der Waals surface area contributed by atoms with E-state index in [-0.39, 0.29) is 5.56 Å². The molecule has 0 aliphatic heterocycles. The van der Waals surface area contributed by atoms with Crippen LogP contribution in [0.25, 0.3) is 11.4 Å². The first-order valence-corrected chi connectivity index (χ1v) is 4.84. The zero-order valence-electron chi connectivity index (χ0n) is 8.07. The van der Waals surface area contributed by atoms with E-state index in [9.17, 15) is 4.79 Å². The summed E-state index contributed by atoms with van der Waals surface area (Å²) >= 11 is 5.95. The van der Waals surface area contributed by atoms with Gasteiger partial charge in [0.1, 0.15) is 11.6 Å². The Bertz CT molecular complexity index is 613. The smallest absolute Gasteiger partial charge is 0.266 e. The first-order valence-electron chi connectivity index (χ1n) is 4.46. The fourth-order valence-corrected chi connectivity index (χ4v) is 1.54. The molecule has 0 spiro atoms. The van der Waals surface area contributed by atoms with Crippen molar-refractivity contribution < 1.29 is 0 Å². The van der Waals surface area contributed by atoms with E-state index < -0.39 is 5.56 Å². The van der Waals surface area contributed by atoms with E-state index in [1.807, 2.05) is 0 Å². The van der Waals surface area contributed by atoms with Crippen LogP contribution in [0.1, 0.15) is 5.56 Å². The summed E-state index contributed by atoms with van der Waals surface area (Å²) in [6, 6.07) is 8.38. The highest BCUT2D eigenvalue weighted by Gasteiger charge is 2.08. The molecule has 5 heteroatoms. The summed E-state index contributed by atoms with van der Waals surface area (Å²) in [6.45, 7) is 0. The van der Waals surface area contributed by atoms with Crippen molar-refractivity contribution >= 4 is 11.6 Å². The summed E-state index contributed by atoms with van der Waals surface area (Å²) in [5, 5.41) is 8.96. The van der Waals surface area contributed by atoms with Crippen molar-refractivity contribution in [3.8, 4) is 17.5 Å². The number of aromatic nitrogens is 2. The van der Waals surface area contributed by atoms with Gasteiger partial charge >= 0.3 is 0 Å². The molecule has 2 aromatic rings. The Kier molecular flexibility index (Phi) is 2.71. The number of hydrogen-bond donors (Lipinski definition) is 1. The minimum absolute atomic E-state index is 0.00955. The van der Waals surface area contributed by atoms with Crippen molar-refractivity contribution in [1.29, 1.82) is 5.26 Å². The number of rotatable bonds is 1. The van der Waals surface area contributed by atoms with Crippen LogP contribution >= 0.6 is 11.6 Å². The lowest BCUT2D eigenvalue weighted by Crippen LogP contribution is -2.11. The molecule has 0 saturated heterocycles. The third-order valence-electron chi connectivity index (χ3n) is 2.03. The lowest BCUT2D eigenvalue weighted by molar-refractivity contribution is 1.18. The number of hydrogen-bond acceptors (Lipinski definition) is 3. The van der Waals surface area contributed by atoms with Gasteiger partial charge < -0.3 is 4.98 Å². The number of nitrogens with one attached hydrogen (secondary N) is 1. The molecule has 1 N–H and O–H groups in total. The van der Waals surface area contributed by atoms with Crippen LogP contribution in [-0.2, 0) is 0 Å². The second kappa shape index (κ2) is 4.17. The van der Waals surface area contributed by atoms with Gasteiger partial charge in [0.15, 0.2) is 0 Å². The molecule has 78 valence electrons. The van der Waals surface area contributed by atoms with E-state index in [1.54, 1.807) is 30.5 Å². The van der Waals surface area contributed by atoms with Crippen LogP contribution in [0.5, 0.6) is 0 Å². The summed E-state index contributed by atoms with van der Waals surface area (Å²) in [4.78, 5) is 18.0. The maximum atomic E-state index is 11.4. The van der Waals surface area contributed by atoms with Crippen LogP contribution in [0, 0.1) is 11.3 Å². The Labute approximate surface area is 96.2 Å². The molecule has 0 aliphatic carbocycles. The summed E-state index contributed by atoms with van der Waals surface area (Å²) < 4.78 is 0. The van der Waals surface area contributed by atoms with Crippen molar-refractivity contribution in [2.24, 2.45) is 0 Å². The molecule has 16 heavy (non-hydrogen) atoms. The highest BCUT2D eigenvalue weighted by Crippen LogP contribution is 2.22. The molecule has 2 heterocycles. The van der Waals surface area contributed by atoms with E-state index in [0.29, 0.717) is 16.4 Å². The SMILES string of the molecule is N#Cc1cc(Cl)c(-c2ccccn2)[nH]c1=O. The average Bonchev–Trinajstić information content (AvgIpc) is 2.32. The Hall–Kier alpha value is -2.12. The van der Waals surface area contributed by atoms with E-state index in [0.717, 1.165) is 0 Å². The van der Waals surface area contributed by atoms with Crippen molar-refractivity contribution in [2.45, 2.75) is 0 Å². The molecule has 0 unspecified atom stereocenters. The summed E-state index contributed by atoms with van der Waals surface area (Å²) in [5.41, 5.74) is 0.512. The molecule has 0 radical (unpaired) electrons. The standard InChI is InChI=1S/C11H6ClN3O/c12-8-5-7(6-13)11(16)15-10(8)9-3-1-2-4-14-9/h1-5H,(H,15,16). The molecular formula is C11H6ClN3O. The van der Waals surface area contributed by atoms with E-state index in [4.69, 9.17) is 16.9 Å². The summed E-state index contributed by atoms with van der Waals surface area (Å²) in [7, 11) is 0. The molecular weight excluding hydrogens is 226 g/mol. The van der Waals surface area contributed by atoms with Gasteiger partial charge in [-0.15, -0.1) is 0 Å². The molecule has 0 aromatic carbocycles. The molecule has 0 aliphatic rings. The second-order valence-corrected chi connectivity index (χ2v) is 3.47. The number of nitrogens with zero attached hydrogens (tertiary/aromatic N) is 2. The zero-order valence-corrected chi connectivity index (χ0v) is 8.82. The topological polar surface area (TPSA) is 69.5 Å². The minimum Gasteiger partial charge on any atom is -0.318 e. The van der Waals surface area contributed by atoms with E-state index >= 15 is 0 Å². The monoisotopic (exact) mass is 231 g/mol. The fraction of sp³-hybridized carbons (Fsp3) is 0. The highest BCUT2D eigenvalue weighted by atomic mass is 35.5. The van der Waals surface area contributed by atoms with Gasteiger partial charge in [0, 0.05) is 6.20 Å². The van der Waals surface area contributed by atoms with Crippen LogP contribution in [-0.4, -0.2) is 9.97 Å². The zero-order chi connectivity index (χ0) is 11.5. The number of nitriles is 1. The maximum absolute atomic E-state index is 11.4. The normalized spacial score (nSPS) is 9.75. The molecule has 0 atom stereocenters. The fourth-order valence-electron chi connectivity index (χ4n) is 1.29. The van der Waals surface area contributed by atoms with Crippen LogP contribution in [0.15, 0.2) is 35.3 Å². The van der Waals surface area contributed by atoms with Crippen LogP contribution < -0.4 is 5.56 Å². The van der Waals surface area contributed by atoms with Crippen LogP contribution in [0.2, 0.25) is 5.02 Å². The van der Waals surface area contributed by atoms with Gasteiger partial charge in [0.05, 0.1) is 16.4 Å². The van der Waals surface area contributed by atoms with Gasteiger partial charge in [-0.05, 0) is 18.2 Å². The van der Waals surface area contributed by atoms with Gasteiger partial charge in [-0.25, -0.2) is 0 Å². The second-order valence-electron chi connectivity index (χ2n) is 3.06. The Morgan fingerprint density at radius 3 is 2.88 bits per heavy atom. The third-order valence-corrected chi connectivity index (χ3v) is 2.33. The van der Waals surface area contributed by atoms with Gasteiger partial charge in [0.25, 0.3) is 5.56 Å². The summed E-state index contributed by atoms with van der Waals surface area (Å²) in [6.07, 6.45) is 1.60. The predicted molar refractivity (Wildman–Crippen MR) is 60.0 cm³/mol. The number of pyridine rings is 2. The number of aromatic amines is 1.